The fourth-order valence-corrected chi connectivity index (χ4v) is 7.07. The Morgan fingerprint density at radius 2 is 1.80 bits per heavy atom. The van der Waals surface area contributed by atoms with Gasteiger partial charge in [-0.1, -0.05) is 6.07 Å². The van der Waals surface area contributed by atoms with Crippen molar-refractivity contribution in [2.24, 2.45) is 11.8 Å². The number of nitrogens with zero attached hydrogens (tertiary/aromatic N) is 3. The quantitative estimate of drug-likeness (QED) is 0.488. The van der Waals surface area contributed by atoms with E-state index in [2.05, 4.69) is 4.90 Å². The standard InChI is InChI=1S/C29H39F4N3O5/c1-40-17-20-15-36(27(39)28(30)8-11-35(18-28)22-6-12-41-13-7-22)16-24(20)23-3-2-21(29(31,32)33)14-25(23)34-9-4-19(5-10-34)26(37)38/h2-3,14,19-20,22,24H,4-13,15-18H2,1H3,(H,37,38)/t20-,24?,28-/m1/s1. The van der Waals surface area contributed by atoms with Gasteiger partial charge >= 0.3 is 12.1 Å². The van der Waals surface area contributed by atoms with E-state index in [1.807, 2.05) is 4.90 Å². The summed E-state index contributed by atoms with van der Waals surface area (Å²) >= 11 is 0. The monoisotopic (exact) mass is 585 g/mol. The average Bonchev–Trinajstić information content (AvgIpc) is 3.57. The maximum atomic E-state index is 16.2. The van der Waals surface area contributed by atoms with Crippen molar-refractivity contribution < 1.29 is 41.7 Å². The molecule has 0 aromatic heterocycles. The van der Waals surface area contributed by atoms with Crippen molar-refractivity contribution >= 4 is 17.6 Å². The van der Waals surface area contributed by atoms with E-state index in [0.717, 1.165) is 25.0 Å². The van der Waals surface area contributed by atoms with E-state index in [9.17, 15) is 27.9 Å². The van der Waals surface area contributed by atoms with E-state index in [1.165, 1.54) is 18.1 Å². The first-order valence-corrected chi connectivity index (χ1v) is 14.5. The minimum Gasteiger partial charge on any atom is -0.481 e. The summed E-state index contributed by atoms with van der Waals surface area (Å²) in [7, 11) is 1.53. The van der Waals surface area contributed by atoms with E-state index < -0.39 is 35.2 Å². The third-order valence-corrected chi connectivity index (χ3v) is 9.39. The molecule has 0 bridgehead atoms. The number of amides is 1. The van der Waals surface area contributed by atoms with Crippen LogP contribution in [0.2, 0.25) is 0 Å². The normalized spacial score (nSPS) is 28.9. The van der Waals surface area contributed by atoms with E-state index in [0.29, 0.717) is 56.9 Å². The number of likely N-dealkylation sites (tertiary alicyclic amines) is 2. The van der Waals surface area contributed by atoms with Crippen molar-refractivity contribution in [3.8, 4) is 0 Å². The summed E-state index contributed by atoms with van der Waals surface area (Å²) in [5.41, 5.74) is -1.75. The lowest BCUT2D eigenvalue weighted by molar-refractivity contribution is -0.143. The van der Waals surface area contributed by atoms with Crippen LogP contribution in [0.5, 0.6) is 0 Å². The number of ether oxygens (including phenoxy) is 2. The van der Waals surface area contributed by atoms with Gasteiger partial charge in [0.1, 0.15) is 0 Å². The molecular weight excluding hydrogens is 546 g/mol. The average molecular weight is 586 g/mol. The van der Waals surface area contributed by atoms with Gasteiger partial charge in [0.2, 0.25) is 5.67 Å². The van der Waals surface area contributed by atoms with Crippen LogP contribution in [-0.2, 0) is 25.2 Å². The van der Waals surface area contributed by atoms with Crippen LogP contribution in [-0.4, -0.2) is 105 Å². The highest BCUT2D eigenvalue weighted by Gasteiger charge is 2.51. The topological polar surface area (TPSA) is 82.6 Å². The molecule has 4 heterocycles. The SMILES string of the molecule is COC[C@H]1CN(C(=O)[C@@]2(F)CCN(C3CCOCC3)C2)CC1c1ccc(C(F)(F)F)cc1N1CCC(C(=O)O)CC1. The van der Waals surface area contributed by atoms with E-state index >= 15 is 4.39 Å². The number of aliphatic carboxylic acids is 1. The van der Waals surface area contributed by atoms with Gasteiger partial charge in [-0.25, -0.2) is 4.39 Å². The number of hydrogen-bond donors (Lipinski definition) is 1. The Morgan fingerprint density at radius 1 is 1.10 bits per heavy atom. The van der Waals surface area contributed by atoms with Crippen LogP contribution in [0, 0.1) is 11.8 Å². The fraction of sp³-hybridized carbons (Fsp3) is 0.724. The van der Waals surface area contributed by atoms with Crippen molar-refractivity contribution in [1.82, 2.24) is 9.80 Å². The number of piperidine rings is 1. The first kappa shape index (κ1) is 30.0. The van der Waals surface area contributed by atoms with Crippen molar-refractivity contribution in [2.75, 3.05) is 71.1 Å². The molecule has 1 amide bonds. The fourth-order valence-electron chi connectivity index (χ4n) is 7.07. The summed E-state index contributed by atoms with van der Waals surface area (Å²) in [5.74, 6) is -2.58. The summed E-state index contributed by atoms with van der Waals surface area (Å²) < 4.78 is 68.3. The van der Waals surface area contributed by atoms with Crippen molar-refractivity contribution in [3.63, 3.8) is 0 Å². The molecule has 0 radical (unpaired) electrons. The second-order valence-electron chi connectivity index (χ2n) is 11.9. The van der Waals surface area contributed by atoms with Crippen LogP contribution in [0.4, 0.5) is 23.2 Å². The van der Waals surface area contributed by atoms with Gasteiger partial charge in [0.15, 0.2) is 0 Å². The highest BCUT2D eigenvalue weighted by molar-refractivity contribution is 5.86. The van der Waals surface area contributed by atoms with Gasteiger partial charge in [-0.15, -0.1) is 0 Å². The molecule has 1 aromatic rings. The molecule has 1 aromatic carbocycles. The van der Waals surface area contributed by atoms with E-state index in [4.69, 9.17) is 9.47 Å². The first-order valence-electron chi connectivity index (χ1n) is 14.5. The molecular formula is C29H39F4N3O5. The molecule has 4 aliphatic heterocycles. The number of carbonyl (C=O) groups is 2. The number of carboxylic acid groups (broad SMARTS) is 1. The summed E-state index contributed by atoms with van der Waals surface area (Å²) in [6, 6.07) is 3.85. The molecule has 4 saturated heterocycles. The molecule has 4 aliphatic rings. The zero-order chi connectivity index (χ0) is 29.4. The number of carbonyl (C=O) groups excluding carboxylic acids is 1. The molecule has 0 saturated carbocycles. The summed E-state index contributed by atoms with van der Waals surface area (Å²) in [4.78, 5) is 30.5. The van der Waals surface area contributed by atoms with Crippen LogP contribution in [0.3, 0.4) is 0 Å². The minimum atomic E-state index is -4.55. The summed E-state index contributed by atoms with van der Waals surface area (Å²) in [6.07, 6.45) is -2.15. The second kappa shape index (κ2) is 12.0. The zero-order valence-corrected chi connectivity index (χ0v) is 23.4. The number of benzene rings is 1. The molecule has 3 atom stereocenters. The Hall–Kier alpha value is -2.44. The van der Waals surface area contributed by atoms with Gasteiger partial charge in [0.05, 0.1) is 18.1 Å². The Kier molecular flexibility index (Phi) is 8.82. The molecule has 228 valence electrons. The van der Waals surface area contributed by atoms with Gasteiger partial charge < -0.3 is 24.4 Å². The lowest BCUT2D eigenvalue weighted by atomic mass is 9.86. The molecule has 1 N–H and O–H groups in total. The van der Waals surface area contributed by atoms with E-state index in [-0.39, 0.29) is 50.5 Å². The number of halogens is 4. The first-order chi connectivity index (χ1) is 19.5. The molecule has 41 heavy (non-hydrogen) atoms. The van der Waals surface area contributed by atoms with Gasteiger partial charge in [-0.3, -0.25) is 14.5 Å². The molecule has 5 rings (SSSR count). The molecule has 4 fully saturated rings. The predicted molar refractivity (Wildman–Crippen MR) is 143 cm³/mol. The highest BCUT2D eigenvalue weighted by Crippen LogP contribution is 2.43. The van der Waals surface area contributed by atoms with Crippen LogP contribution in [0.1, 0.15) is 49.1 Å². The number of rotatable bonds is 7. The largest absolute Gasteiger partial charge is 0.481 e. The third-order valence-electron chi connectivity index (χ3n) is 9.39. The summed E-state index contributed by atoms with van der Waals surface area (Å²) in [5, 5.41) is 9.39. The predicted octanol–water partition coefficient (Wildman–Crippen LogP) is 3.79. The van der Waals surface area contributed by atoms with Crippen molar-refractivity contribution in [1.29, 1.82) is 0 Å². The Morgan fingerprint density at radius 3 is 2.44 bits per heavy atom. The van der Waals surface area contributed by atoms with E-state index in [1.54, 1.807) is 0 Å². The number of methoxy groups -OCH3 is 1. The van der Waals surface area contributed by atoms with Crippen LogP contribution in [0.25, 0.3) is 0 Å². The second-order valence-corrected chi connectivity index (χ2v) is 11.9. The number of anilines is 1. The molecule has 0 spiro atoms. The Labute approximate surface area is 237 Å². The van der Waals surface area contributed by atoms with Crippen LogP contribution < -0.4 is 4.90 Å². The minimum absolute atomic E-state index is 0.0384. The highest BCUT2D eigenvalue weighted by atomic mass is 19.4. The third kappa shape index (κ3) is 6.34. The lowest BCUT2D eigenvalue weighted by Crippen LogP contribution is -2.48. The van der Waals surface area contributed by atoms with Crippen LogP contribution >= 0.6 is 0 Å². The molecule has 0 aliphatic carbocycles. The molecule has 12 heteroatoms. The van der Waals surface area contributed by atoms with Crippen molar-refractivity contribution in [3.05, 3.63) is 29.3 Å². The summed E-state index contributed by atoms with van der Waals surface area (Å²) in [6.45, 7) is 3.12. The number of carboxylic acids is 1. The maximum absolute atomic E-state index is 16.2. The Balaban J connectivity index is 1.38. The molecule has 1 unspecified atom stereocenters. The maximum Gasteiger partial charge on any atom is 0.416 e. The Bertz CT molecular complexity index is 1110. The van der Waals surface area contributed by atoms with Crippen molar-refractivity contribution in [2.45, 2.75) is 55.9 Å². The van der Waals surface area contributed by atoms with Gasteiger partial charge in [0.25, 0.3) is 5.91 Å². The zero-order valence-electron chi connectivity index (χ0n) is 23.4. The molecule has 8 nitrogen and oxygen atoms in total. The smallest absolute Gasteiger partial charge is 0.416 e. The number of alkyl halides is 4. The van der Waals surface area contributed by atoms with Gasteiger partial charge in [-0.2, -0.15) is 13.2 Å². The lowest BCUT2D eigenvalue weighted by Gasteiger charge is -2.35. The van der Waals surface area contributed by atoms with Crippen LogP contribution in [0.15, 0.2) is 18.2 Å². The number of hydrogen-bond acceptors (Lipinski definition) is 6. The van der Waals surface area contributed by atoms with Gasteiger partial charge in [0, 0.05) is 89.6 Å². The van der Waals surface area contributed by atoms with Gasteiger partial charge in [-0.05, 0) is 43.4 Å².